The molecular weight excluding hydrogens is 256 g/mol. The van der Waals surface area contributed by atoms with Gasteiger partial charge in [-0.2, -0.15) is 5.10 Å². The van der Waals surface area contributed by atoms with E-state index >= 15 is 0 Å². The van der Waals surface area contributed by atoms with Crippen LogP contribution in [0.2, 0.25) is 0 Å². The summed E-state index contributed by atoms with van der Waals surface area (Å²) < 4.78 is 5.01. The molecule has 20 heavy (non-hydrogen) atoms. The summed E-state index contributed by atoms with van der Waals surface area (Å²) in [5, 5.41) is 13.8. The zero-order valence-corrected chi connectivity index (χ0v) is 11.4. The van der Waals surface area contributed by atoms with Gasteiger partial charge >= 0.3 is 0 Å². The quantitative estimate of drug-likeness (QED) is 0.652. The Morgan fingerprint density at radius 2 is 2.35 bits per heavy atom. The molecule has 2 aliphatic carbocycles. The summed E-state index contributed by atoms with van der Waals surface area (Å²) >= 11 is 0. The molecule has 0 radical (unpaired) electrons. The van der Waals surface area contributed by atoms with E-state index in [1.54, 1.807) is 18.2 Å². The number of phenolic OH excluding ortho intramolecular Hbond substituents is 1. The van der Waals surface area contributed by atoms with E-state index in [-0.39, 0.29) is 17.6 Å². The summed E-state index contributed by atoms with van der Waals surface area (Å²) in [4.78, 5) is 11.9. The zero-order valence-electron chi connectivity index (χ0n) is 11.4. The Hall–Kier alpha value is -2.04. The maximum Gasteiger partial charge on any atom is 0.243 e. The number of benzene rings is 1. The molecule has 0 aromatic heterocycles. The molecule has 1 atom stereocenters. The SMILES string of the molecule is COc1cccc(/C=N/NC(=O)[C@H]2CC23CCC3)c1O. The number of aromatic hydroxyl groups is 1. The Labute approximate surface area is 117 Å². The van der Waals surface area contributed by atoms with Gasteiger partial charge in [0.05, 0.1) is 13.3 Å². The molecule has 1 aromatic rings. The number of hydrazone groups is 1. The highest BCUT2D eigenvalue weighted by Gasteiger charge is 2.60. The first kappa shape index (κ1) is 13.0. The fraction of sp³-hybridized carbons (Fsp3) is 0.467. The summed E-state index contributed by atoms with van der Waals surface area (Å²) in [7, 11) is 1.49. The maximum atomic E-state index is 11.9. The number of amides is 1. The fourth-order valence-electron chi connectivity index (χ4n) is 2.95. The first-order valence-corrected chi connectivity index (χ1v) is 6.85. The first-order valence-electron chi connectivity index (χ1n) is 6.85. The summed E-state index contributed by atoms with van der Waals surface area (Å²) in [5.41, 5.74) is 3.38. The predicted molar refractivity (Wildman–Crippen MR) is 74.8 cm³/mol. The van der Waals surface area contributed by atoms with E-state index in [2.05, 4.69) is 10.5 Å². The highest BCUT2D eigenvalue weighted by atomic mass is 16.5. The average molecular weight is 274 g/mol. The van der Waals surface area contributed by atoms with Crippen LogP contribution in [0.4, 0.5) is 0 Å². The minimum Gasteiger partial charge on any atom is -0.504 e. The standard InChI is InChI=1S/C15H18N2O3/c1-20-12-5-2-4-10(13(12)18)9-16-17-14(19)11-8-15(11)6-3-7-15/h2,4-5,9,11,18H,3,6-8H2,1H3,(H,17,19)/b16-9+/t11-/m1/s1. The molecule has 0 unspecified atom stereocenters. The number of methoxy groups -OCH3 is 1. The topological polar surface area (TPSA) is 70.9 Å². The molecule has 0 saturated heterocycles. The number of rotatable bonds is 4. The Morgan fingerprint density at radius 3 is 2.95 bits per heavy atom. The molecule has 1 spiro atoms. The van der Waals surface area contributed by atoms with Crippen LogP contribution in [0.3, 0.4) is 0 Å². The molecule has 1 aromatic carbocycles. The molecule has 106 valence electrons. The van der Waals surface area contributed by atoms with Crippen molar-refractivity contribution in [1.82, 2.24) is 5.43 Å². The number of hydrogen-bond acceptors (Lipinski definition) is 4. The molecule has 5 heteroatoms. The molecule has 5 nitrogen and oxygen atoms in total. The molecule has 0 heterocycles. The molecule has 0 bridgehead atoms. The van der Waals surface area contributed by atoms with Crippen molar-refractivity contribution in [2.75, 3.05) is 7.11 Å². The van der Waals surface area contributed by atoms with Crippen LogP contribution in [0.1, 0.15) is 31.2 Å². The van der Waals surface area contributed by atoms with E-state index in [0.29, 0.717) is 16.7 Å². The third-order valence-corrected chi connectivity index (χ3v) is 4.48. The lowest BCUT2D eigenvalue weighted by molar-refractivity contribution is -0.123. The molecule has 2 N–H and O–H groups in total. The predicted octanol–water partition coefficient (Wildman–Crippen LogP) is 2.04. The second-order valence-electron chi connectivity index (χ2n) is 5.60. The van der Waals surface area contributed by atoms with Gasteiger partial charge in [-0.05, 0) is 36.8 Å². The number of carbonyl (C=O) groups excluding carboxylic acids is 1. The maximum absolute atomic E-state index is 11.9. The van der Waals surface area contributed by atoms with Gasteiger partial charge in [-0.3, -0.25) is 4.79 Å². The van der Waals surface area contributed by atoms with Gasteiger partial charge in [0.25, 0.3) is 0 Å². The summed E-state index contributed by atoms with van der Waals surface area (Å²) in [6.07, 6.45) is 6.02. The van der Waals surface area contributed by atoms with Crippen LogP contribution in [-0.2, 0) is 4.79 Å². The Balaban J connectivity index is 1.59. The molecule has 2 saturated carbocycles. The lowest BCUT2D eigenvalue weighted by Crippen LogP contribution is -2.26. The summed E-state index contributed by atoms with van der Waals surface area (Å²) in [5.74, 6) is 0.529. The van der Waals surface area contributed by atoms with Crippen molar-refractivity contribution in [2.24, 2.45) is 16.4 Å². The van der Waals surface area contributed by atoms with E-state index in [1.807, 2.05) is 0 Å². The van der Waals surface area contributed by atoms with Crippen molar-refractivity contribution in [3.05, 3.63) is 23.8 Å². The highest BCUT2D eigenvalue weighted by molar-refractivity contribution is 5.87. The van der Waals surface area contributed by atoms with Crippen LogP contribution >= 0.6 is 0 Å². The summed E-state index contributed by atoms with van der Waals surface area (Å²) in [6.45, 7) is 0. The van der Waals surface area contributed by atoms with Crippen molar-refractivity contribution in [3.63, 3.8) is 0 Å². The van der Waals surface area contributed by atoms with E-state index < -0.39 is 0 Å². The van der Waals surface area contributed by atoms with Crippen molar-refractivity contribution < 1.29 is 14.6 Å². The third kappa shape index (κ3) is 2.13. The smallest absolute Gasteiger partial charge is 0.243 e. The van der Waals surface area contributed by atoms with Crippen molar-refractivity contribution in [2.45, 2.75) is 25.7 Å². The molecule has 1 amide bonds. The Kier molecular flexibility index (Phi) is 3.12. The number of phenols is 1. The zero-order chi connectivity index (χ0) is 14.2. The fourth-order valence-corrected chi connectivity index (χ4v) is 2.95. The third-order valence-electron chi connectivity index (χ3n) is 4.48. The molecule has 3 rings (SSSR count). The van der Waals surface area contributed by atoms with Gasteiger partial charge in [0.1, 0.15) is 0 Å². The summed E-state index contributed by atoms with van der Waals surface area (Å²) in [6, 6.07) is 5.12. The average Bonchev–Trinajstić information content (AvgIpc) is 3.16. The Bertz CT molecular complexity index is 564. The number of nitrogens with one attached hydrogen (secondary N) is 1. The van der Waals surface area contributed by atoms with Crippen LogP contribution in [-0.4, -0.2) is 24.3 Å². The molecule has 2 fully saturated rings. The number of ether oxygens (including phenoxy) is 1. The number of para-hydroxylation sites is 1. The highest BCUT2D eigenvalue weighted by Crippen LogP contribution is 2.65. The Morgan fingerprint density at radius 1 is 1.55 bits per heavy atom. The monoisotopic (exact) mass is 274 g/mol. The van der Waals surface area contributed by atoms with E-state index in [4.69, 9.17) is 4.74 Å². The minimum atomic E-state index is -0.0108. The van der Waals surface area contributed by atoms with Crippen molar-refractivity contribution >= 4 is 12.1 Å². The first-order chi connectivity index (χ1) is 9.66. The van der Waals surface area contributed by atoms with Gasteiger partial charge in [-0.15, -0.1) is 0 Å². The molecule has 2 aliphatic rings. The van der Waals surface area contributed by atoms with Gasteiger partial charge in [0, 0.05) is 11.5 Å². The van der Waals surface area contributed by atoms with Crippen molar-refractivity contribution in [1.29, 1.82) is 0 Å². The minimum absolute atomic E-state index is 0.0108. The molecule has 0 aliphatic heterocycles. The van der Waals surface area contributed by atoms with Gasteiger partial charge < -0.3 is 9.84 Å². The van der Waals surface area contributed by atoms with Crippen LogP contribution < -0.4 is 10.2 Å². The van der Waals surface area contributed by atoms with E-state index in [0.717, 1.165) is 6.42 Å². The second kappa shape index (κ2) is 4.81. The van der Waals surface area contributed by atoms with Gasteiger partial charge in [0.2, 0.25) is 5.91 Å². The van der Waals surface area contributed by atoms with Crippen LogP contribution in [0, 0.1) is 11.3 Å². The number of carbonyl (C=O) groups is 1. The van der Waals surface area contributed by atoms with E-state index in [1.165, 1.54) is 32.6 Å². The number of nitrogens with zero attached hydrogens (tertiary/aromatic N) is 1. The van der Waals surface area contributed by atoms with Gasteiger partial charge in [-0.25, -0.2) is 5.43 Å². The second-order valence-corrected chi connectivity index (χ2v) is 5.60. The largest absolute Gasteiger partial charge is 0.504 e. The van der Waals surface area contributed by atoms with Crippen molar-refractivity contribution in [3.8, 4) is 11.5 Å². The lowest BCUT2D eigenvalue weighted by atomic mass is 9.80. The van der Waals surface area contributed by atoms with E-state index in [9.17, 15) is 9.90 Å². The lowest BCUT2D eigenvalue weighted by Gasteiger charge is -2.25. The van der Waals surface area contributed by atoms with Crippen LogP contribution in [0.5, 0.6) is 11.5 Å². The van der Waals surface area contributed by atoms with Gasteiger partial charge in [-0.1, -0.05) is 12.5 Å². The number of hydrogen-bond donors (Lipinski definition) is 2. The van der Waals surface area contributed by atoms with Crippen LogP contribution in [0.15, 0.2) is 23.3 Å². The van der Waals surface area contributed by atoms with Crippen LogP contribution in [0.25, 0.3) is 0 Å². The molecular formula is C15H18N2O3. The normalized spacial score (nSPS) is 22.6. The van der Waals surface area contributed by atoms with Gasteiger partial charge in [0.15, 0.2) is 11.5 Å².